The number of imide groups is 1. The molecule has 1 saturated heterocycles. The summed E-state index contributed by atoms with van der Waals surface area (Å²) in [5.41, 5.74) is 0.897. The fourth-order valence-electron chi connectivity index (χ4n) is 5.70. The molecule has 16 nitrogen and oxygen atoms in total. The van der Waals surface area contributed by atoms with Gasteiger partial charge in [0.15, 0.2) is 5.69 Å². The number of sulfonamides is 1. The topological polar surface area (TPSA) is 196 Å². The second-order valence-corrected chi connectivity index (χ2v) is 14.4. The Morgan fingerprint density at radius 2 is 1.62 bits per heavy atom. The quantitative estimate of drug-likeness (QED) is 0.0665. The number of aryl methyl sites for hydroxylation is 1. The number of alkyl halides is 3. The number of esters is 1. The number of aromatic nitrogens is 2. The third kappa shape index (κ3) is 8.43. The Balaban J connectivity index is 0.942. The van der Waals surface area contributed by atoms with Crippen LogP contribution in [0.4, 0.5) is 13.2 Å². The van der Waals surface area contributed by atoms with Gasteiger partial charge in [0.25, 0.3) is 21.8 Å². The summed E-state index contributed by atoms with van der Waals surface area (Å²) in [6.07, 6.45) is -6.88. The van der Waals surface area contributed by atoms with Gasteiger partial charge < -0.3 is 14.8 Å². The molecule has 2 aliphatic heterocycles. The van der Waals surface area contributed by atoms with Crippen molar-refractivity contribution >= 4 is 33.7 Å². The Morgan fingerprint density at radius 1 is 1.00 bits per heavy atom. The van der Waals surface area contributed by atoms with Crippen molar-refractivity contribution in [3.05, 3.63) is 106 Å². The molecule has 0 radical (unpaired) electrons. The van der Waals surface area contributed by atoms with Crippen LogP contribution in [0.3, 0.4) is 0 Å². The van der Waals surface area contributed by atoms with Crippen LogP contribution in [-0.2, 0) is 35.4 Å². The molecular weight excluding hydrogens is 751 g/mol. The van der Waals surface area contributed by atoms with Gasteiger partial charge in [-0.2, -0.15) is 18.3 Å². The molecule has 0 saturated carbocycles. The van der Waals surface area contributed by atoms with Gasteiger partial charge in [-0.25, -0.2) is 22.7 Å². The van der Waals surface area contributed by atoms with E-state index in [0.717, 1.165) is 33.3 Å². The molecule has 3 amide bonds. The number of ether oxygens (including phenoxy) is 1. The van der Waals surface area contributed by atoms with Crippen molar-refractivity contribution in [2.24, 2.45) is 11.2 Å². The van der Waals surface area contributed by atoms with Crippen LogP contribution in [0.25, 0.3) is 16.9 Å². The van der Waals surface area contributed by atoms with E-state index in [-0.39, 0.29) is 58.0 Å². The maximum atomic E-state index is 13.5. The number of carbonyl (C=O) groups is 4. The van der Waals surface area contributed by atoms with E-state index in [4.69, 9.17) is 9.57 Å². The van der Waals surface area contributed by atoms with Gasteiger partial charge in [-0.3, -0.25) is 19.2 Å². The lowest BCUT2D eigenvalue weighted by Crippen LogP contribution is -2.52. The fourth-order valence-corrected chi connectivity index (χ4v) is 6.72. The standard InChI is InChI=1S/C35H32F3N7O9S/c1-21-7-9-24(10-8-21)29-17-30(35(36,37)38)39-44(29)25-11-13-26(14-12-25)55(51,52)40-31(46)15-16-32(47)53-20-23-18-42(19-23)45(50)41-54-22(2)43-33(48)27-5-3-4-6-28(27)34(43)49/h3-14,17,22-23H,15-16,18-20H2,1-2H3,(H,40,46). The number of hydrogen-bond acceptors (Lipinski definition) is 11. The number of halogens is 3. The van der Waals surface area contributed by atoms with Crippen LogP contribution in [0.15, 0.2) is 89.0 Å². The molecule has 20 heteroatoms. The monoisotopic (exact) mass is 783 g/mol. The highest BCUT2D eigenvalue weighted by atomic mass is 32.2. The summed E-state index contributed by atoms with van der Waals surface area (Å²) in [6, 6.07) is 18.6. The summed E-state index contributed by atoms with van der Waals surface area (Å²) in [5.74, 6) is -3.22. The first-order valence-electron chi connectivity index (χ1n) is 16.6. The van der Waals surface area contributed by atoms with Crippen LogP contribution in [0.5, 0.6) is 0 Å². The molecule has 6 rings (SSSR count). The van der Waals surface area contributed by atoms with Crippen LogP contribution < -0.4 is 4.72 Å². The highest BCUT2D eigenvalue weighted by Gasteiger charge is 2.40. The van der Waals surface area contributed by atoms with E-state index in [1.165, 1.54) is 36.2 Å². The summed E-state index contributed by atoms with van der Waals surface area (Å²) in [7, 11) is -4.42. The summed E-state index contributed by atoms with van der Waals surface area (Å²) < 4.78 is 74.4. The van der Waals surface area contributed by atoms with Gasteiger partial charge in [0, 0.05) is 17.9 Å². The molecule has 1 fully saturated rings. The second-order valence-electron chi connectivity index (χ2n) is 12.7. The maximum Gasteiger partial charge on any atom is 0.435 e. The van der Waals surface area contributed by atoms with E-state index >= 15 is 0 Å². The van der Waals surface area contributed by atoms with Crippen LogP contribution in [-0.4, -0.2) is 82.7 Å². The van der Waals surface area contributed by atoms with Gasteiger partial charge in [0.05, 0.1) is 58.5 Å². The Kier molecular flexibility index (Phi) is 10.6. The van der Waals surface area contributed by atoms with E-state index in [1.807, 2.05) is 11.6 Å². The van der Waals surface area contributed by atoms with Gasteiger partial charge in [-0.05, 0) is 56.3 Å². The van der Waals surface area contributed by atoms with Gasteiger partial charge >= 0.3 is 12.1 Å². The maximum absolute atomic E-state index is 13.5. The molecule has 1 unspecified atom stereocenters. The molecule has 0 spiro atoms. The number of fused-ring (bicyclic) bond motifs is 1. The van der Waals surface area contributed by atoms with E-state index in [1.54, 1.807) is 36.4 Å². The third-order valence-electron chi connectivity index (χ3n) is 8.66. The minimum absolute atomic E-state index is 0.103. The molecule has 2 aliphatic rings. The number of carbonyl (C=O) groups excluding carboxylic acids is 4. The molecule has 3 aromatic carbocycles. The summed E-state index contributed by atoms with van der Waals surface area (Å²) in [4.78, 5) is 55.5. The number of rotatable bonds is 13. The van der Waals surface area contributed by atoms with Crippen LogP contribution in [0.2, 0.25) is 0 Å². The van der Waals surface area contributed by atoms with E-state index in [0.29, 0.717) is 5.56 Å². The Hall–Kier alpha value is -6.31. The zero-order valence-electron chi connectivity index (χ0n) is 29.1. The Labute approximate surface area is 311 Å². The lowest BCUT2D eigenvalue weighted by Gasteiger charge is -2.33. The smallest absolute Gasteiger partial charge is 0.435 e. The highest BCUT2D eigenvalue weighted by Crippen LogP contribution is 2.33. The Morgan fingerprint density at radius 3 is 2.22 bits per heavy atom. The van der Waals surface area contributed by atoms with Crippen molar-refractivity contribution < 1.29 is 55.3 Å². The molecule has 3 heterocycles. The molecule has 4 aromatic rings. The van der Waals surface area contributed by atoms with Crippen molar-refractivity contribution in [3.63, 3.8) is 0 Å². The van der Waals surface area contributed by atoms with E-state index in [9.17, 15) is 46.0 Å². The minimum Gasteiger partial charge on any atom is -0.569 e. The van der Waals surface area contributed by atoms with Gasteiger partial charge in [-0.15, -0.1) is 5.01 Å². The average molecular weight is 784 g/mol. The first-order valence-corrected chi connectivity index (χ1v) is 18.1. The number of nitrogens with one attached hydrogen (secondary N) is 1. The van der Waals surface area contributed by atoms with Gasteiger partial charge in [-0.1, -0.05) is 42.0 Å². The zero-order chi connectivity index (χ0) is 39.7. The van der Waals surface area contributed by atoms with Crippen molar-refractivity contribution in [2.75, 3.05) is 19.7 Å². The predicted octanol–water partition coefficient (Wildman–Crippen LogP) is 4.38. The molecule has 288 valence electrons. The number of nitrogens with zero attached hydrogens (tertiary/aromatic N) is 6. The van der Waals surface area contributed by atoms with Crippen LogP contribution >= 0.6 is 0 Å². The first kappa shape index (κ1) is 38.4. The zero-order valence-corrected chi connectivity index (χ0v) is 29.9. The van der Waals surface area contributed by atoms with Crippen molar-refractivity contribution in [1.82, 2.24) is 24.4 Å². The summed E-state index contributed by atoms with van der Waals surface area (Å²) >= 11 is 0. The van der Waals surface area contributed by atoms with Crippen molar-refractivity contribution in [3.8, 4) is 16.9 Å². The first-order chi connectivity index (χ1) is 26.0. The second kappa shape index (κ2) is 15.2. The van der Waals surface area contributed by atoms with E-state index < -0.39 is 64.7 Å². The molecule has 55 heavy (non-hydrogen) atoms. The predicted molar refractivity (Wildman–Crippen MR) is 183 cm³/mol. The van der Waals surface area contributed by atoms with Crippen molar-refractivity contribution in [2.45, 2.75) is 44.0 Å². The summed E-state index contributed by atoms with van der Waals surface area (Å²) in [5, 5.41) is 20.6. The number of hydrazine groups is 1. The molecule has 0 bridgehead atoms. The van der Waals surface area contributed by atoms with Crippen molar-refractivity contribution in [1.29, 1.82) is 0 Å². The SMILES string of the molecule is Cc1ccc(-c2cc(C(F)(F)F)nn2-c2ccc(S(=O)(=O)NC(=O)CCC(=O)OCC3CN([N+]([O-])=NOC(C)N4C(=O)c5ccccc5C4=O)C3)cc2)cc1. The van der Waals surface area contributed by atoms with Gasteiger partial charge in [0.1, 0.15) is 0 Å². The highest BCUT2D eigenvalue weighted by molar-refractivity contribution is 7.90. The lowest BCUT2D eigenvalue weighted by atomic mass is 10.0. The third-order valence-corrected chi connectivity index (χ3v) is 10.1. The average Bonchev–Trinajstić information content (AvgIpc) is 3.69. The minimum atomic E-state index is -4.73. The lowest BCUT2D eigenvalue weighted by molar-refractivity contribution is -0.728. The largest absolute Gasteiger partial charge is 0.569 e. The van der Waals surface area contributed by atoms with Crippen LogP contribution in [0.1, 0.15) is 51.7 Å². The number of amides is 3. The van der Waals surface area contributed by atoms with Gasteiger partial charge in [0.2, 0.25) is 17.4 Å². The fraction of sp³-hybridized carbons (Fsp3) is 0.286. The normalized spacial score (nSPS) is 15.4. The molecule has 1 N–H and O–H groups in total. The van der Waals surface area contributed by atoms with Crippen LogP contribution in [0, 0.1) is 18.0 Å². The summed E-state index contributed by atoms with van der Waals surface area (Å²) in [6.45, 7) is 3.36. The number of benzene rings is 3. The molecule has 1 atom stereocenters. The van der Waals surface area contributed by atoms with E-state index in [2.05, 4.69) is 10.4 Å². The molecule has 1 aromatic heterocycles. The Bertz CT molecular complexity index is 2240. The molecular formula is C35H32F3N7O9S. The molecule has 0 aliphatic carbocycles. The number of hydrogen-bond donors (Lipinski definition) is 1.